The van der Waals surface area contributed by atoms with Crippen molar-refractivity contribution in [1.82, 2.24) is 0 Å². The summed E-state index contributed by atoms with van der Waals surface area (Å²) in [6, 6.07) is 4.92. The molecule has 0 radical (unpaired) electrons. The molecular formula is C9H8FNS. The van der Waals surface area contributed by atoms with Crippen molar-refractivity contribution in [2.24, 2.45) is 0 Å². The average Bonchev–Trinajstić information content (AvgIpc) is 2.29. The fourth-order valence-corrected chi connectivity index (χ4v) is 2.22. The van der Waals surface area contributed by atoms with Crippen molar-refractivity contribution < 1.29 is 4.39 Å². The van der Waals surface area contributed by atoms with Gasteiger partial charge in [0, 0.05) is 4.70 Å². The first-order valence-corrected chi connectivity index (χ1v) is 4.43. The lowest BCUT2D eigenvalue weighted by atomic mass is 10.1. The minimum atomic E-state index is -0.193. The van der Waals surface area contributed by atoms with Gasteiger partial charge in [-0.2, -0.15) is 0 Å². The molecule has 1 aromatic carbocycles. The summed E-state index contributed by atoms with van der Waals surface area (Å²) < 4.78 is 13.8. The lowest BCUT2D eigenvalue weighted by molar-refractivity contribution is 0.629. The van der Waals surface area contributed by atoms with E-state index >= 15 is 0 Å². The molecule has 0 unspecified atom stereocenters. The van der Waals surface area contributed by atoms with Crippen LogP contribution in [0.15, 0.2) is 18.2 Å². The van der Waals surface area contributed by atoms with E-state index in [9.17, 15) is 4.39 Å². The number of nitrogen functional groups attached to an aromatic ring is 1. The zero-order chi connectivity index (χ0) is 8.72. The number of thiophene rings is 1. The fraction of sp³-hybridized carbons (Fsp3) is 0.111. The molecule has 0 atom stereocenters. The second-order valence-electron chi connectivity index (χ2n) is 2.78. The Morgan fingerprint density at radius 2 is 2.08 bits per heavy atom. The molecule has 0 saturated carbocycles. The van der Waals surface area contributed by atoms with Gasteiger partial charge in [0.05, 0.1) is 5.00 Å². The number of hydrogen-bond donors (Lipinski definition) is 1. The largest absolute Gasteiger partial charge is 0.391 e. The van der Waals surface area contributed by atoms with E-state index in [0.29, 0.717) is 0 Å². The van der Waals surface area contributed by atoms with Gasteiger partial charge in [-0.15, -0.1) is 11.3 Å². The Kier molecular flexibility index (Phi) is 1.54. The third-order valence-electron chi connectivity index (χ3n) is 1.83. The molecule has 62 valence electrons. The molecule has 1 heterocycles. The second kappa shape index (κ2) is 2.45. The van der Waals surface area contributed by atoms with E-state index in [1.807, 2.05) is 13.0 Å². The molecule has 2 aromatic rings. The Labute approximate surface area is 73.6 Å². The quantitative estimate of drug-likeness (QED) is 0.664. The van der Waals surface area contributed by atoms with Crippen molar-refractivity contribution in [2.45, 2.75) is 6.92 Å². The van der Waals surface area contributed by atoms with Crippen molar-refractivity contribution >= 4 is 26.4 Å². The number of aryl methyl sites for hydroxylation is 1. The Morgan fingerprint density at radius 1 is 1.33 bits per heavy atom. The van der Waals surface area contributed by atoms with Crippen LogP contribution in [0.5, 0.6) is 0 Å². The Bertz CT molecular complexity index is 433. The van der Waals surface area contributed by atoms with Gasteiger partial charge in [0.1, 0.15) is 5.82 Å². The Morgan fingerprint density at radius 3 is 2.83 bits per heavy atom. The monoisotopic (exact) mass is 181 g/mol. The van der Waals surface area contributed by atoms with Gasteiger partial charge in [-0.3, -0.25) is 0 Å². The summed E-state index contributed by atoms with van der Waals surface area (Å²) in [4.78, 5) is 0. The molecule has 2 rings (SSSR count). The van der Waals surface area contributed by atoms with Crippen LogP contribution in [0.2, 0.25) is 0 Å². The molecule has 12 heavy (non-hydrogen) atoms. The first-order valence-electron chi connectivity index (χ1n) is 3.62. The molecular weight excluding hydrogens is 173 g/mol. The predicted octanol–water partition coefficient (Wildman–Crippen LogP) is 2.93. The summed E-state index contributed by atoms with van der Waals surface area (Å²) in [5.41, 5.74) is 6.55. The third kappa shape index (κ3) is 1.06. The van der Waals surface area contributed by atoms with Crippen LogP contribution in [0.3, 0.4) is 0 Å². The van der Waals surface area contributed by atoms with Crippen molar-refractivity contribution in [2.75, 3.05) is 5.73 Å². The molecule has 0 spiro atoms. The highest BCUT2D eigenvalue weighted by Gasteiger charge is 2.03. The molecule has 1 aromatic heterocycles. The standard InChI is InChI=1S/C9H8FNS/c1-5-2-6(10)3-8-7(5)4-9(11)12-8/h2-4H,11H2,1H3. The smallest absolute Gasteiger partial charge is 0.124 e. The van der Waals surface area contributed by atoms with E-state index < -0.39 is 0 Å². The SMILES string of the molecule is Cc1cc(F)cc2sc(N)cc12. The zero-order valence-electron chi connectivity index (χ0n) is 6.60. The van der Waals surface area contributed by atoms with Gasteiger partial charge in [-0.05, 0) is 36.1 Å². The molecule has 0 aliphatic heterocycles. The van der Waals surface area contributed by atoms with E-state index in [-0.39, 0.29) is 5.82 Å². The lowest BCUT2D eigenvalue weighted by Crippen LogP contribution is -1.77. The Hall–Kier alpha value is -1.09. The van der Waals surface area contributed by atoms with Crippen LogP contribution in [0.1, 0.15) is 5.56 Å². The predicted molar refractivity (Wildman–Crippen MR) is 50.9 cm³/mol. The van der Waals surface area contributed by atoms with Gasteiger partial charge < -0.3 is 5.73 Å². The van der Waals surface area contributed by atoms with Gasteiger partial charge in [0.25, 0.3) is 0 Å². The number of nitrogens with two attached hydrogens (primary N) is 1. The number of rotatable bonds is 0. The molecule has 1 nitrogen and oxygen atoms in total. The molecule has 2 N–H and O–H groups in total. The Balaban J connectivity index is 2.88. The zero-order valence-corrected chi connectivity index (χ0v) is 7.41. The summed E-state index contributed by atoms with van der Waals surface area (Å²) in [7, 11) is 0. The van der Waals surface area contributed by atoms with Crippen molar-refractivity contribution in [3.8, 4) is 0 Å². The third-order valence-corrected chi connectivity index (χ3v) is 2.74. The number of benzene rings is 1. The summed E-state index contributed by atoms with van der Waals surface area (Å²) in [6.45, 7) is 1.89. The summed E-state index contributed by atoms with van der Waals surface area (Å²) in [6.07, 6.45) is 0. The van der Waals surface area contributed by atoms with Crippen LogP contribution < -0.4 is 5.73 Å². The number of halogens is 1. The van der Waals surface area contributed by atoms with Crippen LogP contribution in [0.4, 0.5) is 9.39 Å². The lowest BCUT2D eigenvalue weighted by Gasteiger charge is -1.94. The first-order chi connectivity index (χ1) is 5.66. The van der Waals surface area contributed by atoms with E-state index in [1.165, 1.54) is 23.5 Å². The summed E-state index contributed by atoms with van der Waals surface area (Å²) in [5.74, 6) is -0.193. The van der Waals surface area contributed by atoms with Gasteiger partial charge in [-0.25, -0.2) is 4.39 Å². The van der Waals surface area contributed by atoms with E-state index in [4.69, 9.17) is 5.73 Å². The van der Waals surface area contributed by atoms with Gasteiger partial charge in [0.2, 0.25) is 0 Å². The van der Waals surface area contributed by atoms with Crippen LogP contribution in [0.25, 0.3) is 10.1 Å². The maximum atomic E-state index is 12.9. The molecule has 0 bridgehead atoms. The maximum Gasteiger partial charge on any atom is 0.124 e. The van der Waals surface area contributed by atoms with Crippen molar-refractivity contribution in [1.29, 1.82) is 0 Å². The van der Waals surface area contributed by atoms with Crippen LogP contribution >= 0.6 is 11.3 Å². The molecule has 0 fully saturated rings. The molecule has 0 amide bonds. The number of hydrogen-bond acceptors (Lipinski definition) is 2. The van der Waals surface area contributed by atoms with Gasteiger partial charge >= 0.3 is 0 Å². The van der Waals surface area contributed by atoms with E-state index in [1.54, 1.807) is 0 Å². The normalized spacial score (nSPS) is 10.8. The molecule has 0 aliphatic carbocycles. The minimum absolute atomic E-state index is 0.193. The van der Waals surface area contributed by atoms with E-state index in [0.717, 1.165) is 20.7 Å². The average molecular weight is 181 g/mol. The maximum absolute atomic E-state index is 12.9. The van der Waals surface area contributed by atoms with Crippen LogP contribution in [0, 0.1) is 12.7 Å². The molecule has 0 saturated heterocycles. The van der Waals surface area contributed by atoms with Crippen molar-refractivity contribution in [3.05, 3.63) is 29.6 Å². The van der Waals surface area contributed by atoms with Gasteiger partial charge in [0.15, 0.2) is 0 Å². The van der Waals surface area contributed by atoms with Gasteiger partial charge in [-0.1, -0.05) is 0 Å². The highest BCUT2D eigenvalue weighted by atomic mass is 32.1. The number of anilines is 1. The summed E-state index contributed by atoms with van der Waals surface area (Å²) >= 11 is 1.42. The summed E-state index contributed by atoms with van der Waals surface area (Å²) in [5, 5.41) is 1.79. The fourth-order valence-electron chi connectivity index (χ4n) is 1.29. The van der Waals surface area contributed by atoms with Crippen LogP contribution in [-0.4, -0.2) is 0 Å². The second-order valence-corrected chi connectivity index (χ2v) is 3.90. The van der Waals surface area contributed by atoms with Crippen molar-refractivity contribution in [3.63, 3.8) is 0 Å². The minimum Gasteiger partial charge on any atom is -0.391 e. The van der Waals surface area contributed by atoms with Crippen LogP contribution in [-0.2, 0) is 0 Å². The molecule has 0 aliphatic rings. The molecule has 3 heteroatoms. The van der Waals surface area contributed by atoms with E-state index in [2.05, 4.69) is 0 Å². The topological polar surface area (TPSA) is 26.0 Å². The highest BCUT2D eigenvalue weighted by molar-refractivity contribution is 7.22. The number of fused-ring (bicyclic) bond motifs is 1. The first kappa shape index (κ1) is 7.55. The highest BCUT2D eigenvalue weighted by Crippen LogP contribution is 2.30.